The highest BCUT2D eigenvalue weighted by Gasteiger charge is 2.31. The van der Waals surface area contributed by atoms with Gasteiger partial charge in [0.1, 0.15) is 12.4 Å². The number of nitrogens with one attached hydrogen (secondary N) is 1. The number of rotatable bonds is 5. The van der Waals surface area contributed by atoms with E-state index in [2.05, 4.69) is 21.9 Å². The van der Waals surface area contributed by atoms with Crippen molar-refractivity contribution in [1.82, 2.24) is 19.5 Å². The maximum Gasteiger partial charge on any atom is 0.416 e. The first-order chi connectivity index (χ1) is 13.9. The van der Waals surface area contributed by atoms with Gasteiger partial charge in [-0.1, -0.05) is 24.0 Å². The summed E-state index contributed by atoms with van der Waals surface area (Å²) in [6.07, 6.45) is -0.182. The average Bonchev–Trinajstić information content (AvgIpc) is 3.27. The minimum atomic E-state index is -4.40. The summed E-state index contributed by atoms with van der Waals surface area (Å²) >= 11 is 6.05. The van der Waals surface area contributed by atoms with E-state index in [0.29, 0.717) is 23.1 Å². The topological polar surface area (TPSA) is 50.4 Å². The van der Waals surface area contributed by atoms with E-state index >= 15 is 0 Å². The first kappa shape index (κ1) is 19.4. The lowest BCUT2D eigenvalue weighted by molar-refractivity contribution is -0.680. The van der Waals surface area contributed by atoms with Gasteiger partial charge in [0.2, 0.25) is 11.0 Å². The number of aryl methyl sites for hydroxylation is 1. The predicted octanol–water partition coefficient (Wildman–Crippen LogP) is 4.84. The molecule has 1 aromatic carbocycles. The van der Waals surface area contributed by atoms with Crippen molar-refractivity contribution in [2.75, 3.05) is 0 Å². The fourth-order valence-electron chi connectivity index (χ4n) is 3.36. The molecular formula is C20H18ClF3N5+. The Kier molecular flexibility index (Phi) is 5.04. The molecule has 29 heavy (non-hydrogen) atoms. The van der Waals surface area contributed by atoms with Crippen LogP contribution in [0.25, 0.3) is 22.6 Å². The Morgan fingerprint density at radius 2 is 2.03 bits per heavy atom. The minimum Gasteiger partial charge on any atom is -0.320 e. The highest BCUT2D eigenvalue weighted by Crippen LogP contribution is 2.31. The van der Waals surface area contributed by atoms with Gasteiger partial charge in [0.25, 0.3) is 0 Å². The zero-order valence-electron chi connectivity index (χ0n) is 15.5. The summed E-state index contributed by atoms with van der Waals surface area (Å²) in [6, 6.07) is 8.77. The van der Waals surface area contributed by atoms with Gasteiger partial charge in [-0.25, -0.2) is 9.55 Å². The van der Waals surface area contributed by atoms with Gasteiger partial charge in [-0.3, -0.25) is 4.98 Å². The van der Waals surface area contributed by atoms with Gasteiger partial charge in [-0.15, -0.1) is 0 Å². The molecule has 0 radical (unpaired) electrons. The monoisotopic (exact) mass is 420 g/mol. The van der Waals surface area contributed by atoms with Crippen molar-refractivity contribution in [2.24, 2.45) is 0 Å². The highest BCUT2D eigenvalue weighted by atomic mass is 35.5. The van der Waals surface area contributed by atoms with Crippen LogP contribution in [-0.2, 0) is 19.3 Å². The number of hydrogen-bond acceptors (Lipinski definition) is 2. The summed E-state index contributed by atoms with van der Waals surface area (Å²) in [5.74, 6) is 1.33. The van der Waals surface area contributed by atoms with Gasteiger partial charge < -0.3 is 4.57 Å². The lowest BCUT2D eigenvalue weighted by Gasteiger charge is -2.10. The third-order valence-electron chi connectivity index (χ3n) is 4.63. The summed E-state index contributed by atoms with van der Waals surface area (Å²) in [4.78, 5) is 12.0. The van der Waals surface area contributed by atoms with Crippen molar-refractivity contribution in [1.29, 1.82) is 0 Å². The van der Waals surface area contributed by atoms with E-state index in [9.17, 15) is 13.2 Å². The summed E-state index contributed by atoms with van der Waals surface area (Å²) in [5, 5.41) is 0.403. The van der Waals surface area contributed by atoms with Crippen molar-refractivity contribution in [3.8, 4) is 11.4 Å². The number of alkyl halides is 3. The first-order valence-electron chi connectivity index (χ1n) is 9.12. The largest absolute Gasteiger partial charge is 0.416 e. The number of pyridine rings is 1. The quantitative estimate of drug-likeness (QED) is 0.371. The van der Waals surface area contributed by atoms with E-state index in [1.54, 1.807) is 24.5 Å². The molecule has 0 aliphatic heterocycles. The number of H-pyrrole nitrogens is 1. The molecule has 9 heteroatoms. The van der Waals surface area contributed by atoms with Crippen LogP contribution < -0.4 is 4.57 Å². The molecule has 5 nitrogen and oxygen atoms in total. The van der Waals surface area contributed by atoms with Crippen LogP contribution in [0.5, 0.6) is 0 Å². The molecule has 1 N–H and O–H groups in total. The number of halogens is 4. The van der Waals surface area contributed by atoms with Crippen molar-refractivity contribution in [2.45, 2.75) is 32.6 Å². The van der Waals surface area contributed by atoms with Gasteiger partial charge in [-0.2, -0.15) is 13.2 Å². The minimum absolute atomic E-state index is 0.402. The van der Waals surface area contributed by atoms with Gasteiger partial charge in [-0.05, 0) is 42.3 Å². The number of aromatic amines is 1. The molecule has 150 valence electrons. The fourth-order valence-corrected chi connectivity index (χ4v) is 3.50. The molecule has 0 saturated heterocycles. The maximum atomic E-state index is 13.1. The lowest BCUT2D eigenvalue weighted by atomic mass is 10.1. The van der Waals surface area contributed by atoms with Crippen LogP contribution in [0.3, 0.4) is 0 Å². The lowest BCUT2D eigenvalue weighted by Crippen LogP contribution is -2.38. The van der Waals surface area contributed by atoms with E-state index in [0.717, 1.165) is 42.1 Å². The first-order valence-corrected chi connectivity index (χ1v) is 9.50. The molecule has 0 spiro atoms. The summed E-state index contributed by atoms with van der Waals surface area (Å²) in [7, 11) is 0. The van der Waals surface area contributed by atoms with E-state index < -0.39 is 11.7 Å². The highest BCUT2D eigenvalue weighted by molar-refractivity contribution is 6.29. The summed E-state index contributed by atoms with van der Waals surface area (Å²) < 4.78 is 43.1. The van der Waals surface area contributed by atoms with Crippen LogP contribution in [0.1, 0.15) is 24.7 Å². The van der Waals surface area contributed by atoms with Crippen molar-refractivity contribution in [3.05, 3.63) is 65.3 Å². The second-order valence-corrected chi connectivity index (χ2v) is 7.07. The predicted molar refractivity (Wildman–Crippen MR) is 103 cm³/mol. The number of fused-ring (bicyclic) bond motifs is 1. The molecule has 0 saturated carbocycles. The Morgan fingerprint density at radius 3 is 2.79 bits per heavy atom. The van der Waals surface area contributed by atoms with E-state index in [1.165, 1.54) is 6.07 Å². The molecule has 3 heterocycles. The molecule has 0 unspecified atom stereocenters. The van der Waals surface area contributed by atoms with E-state index in [4.69, 9.17) is 11.6 Å². The number of imidazole rings is 2. The van der Waals surface area contributed by atoms with Crippen LogP contribution in [0.15, 0.2) is 48.8 Å². The average molecular weight is 421 g/mol. The Hall–Kier alpha value is -2.87. The Labute approximate surface area is 169 Å². The second kappa shape index (κ2) is 7.51. The summed E-state index contributed by atoms with van der Waals surface area (Å²) in [6.45, 7) is 3.20. The third kappa shape index (κ3) is 3.85. The van der Waals surface area contributed by atoms with Gasteiger partial charge >= 0.3 is 11.8 Å². The number of aromatic nitrogens is 5. The zero-order valence-corrected chi connectivity index (χ0v) is 16.3. The molecule has 4 aromatic rings. The fraction of sp³-hybridized carbons (Fsp3) is 0.250. The van der Waals surface area contributed by atoms with Crippen molar-refractivity contribution >= 4 is 22.8 Å². The molecule has 4 rings (SSSR count). The van der Waals surface area contributed by atoms with Crippen LogP contribution in [-0.4, -0.2) is 19.5 Å². The molecule has 3 aromatic heterocycles. The molecule has 0 amide bonds. The summed E-state index contributed by atoms with van der Waals surface area (Å²) in [5.41, 5.74) is 1.30. The Bertz CT molecular complexity index is 1160. The number of benzene rings is 1. The van der Waals surface area contributed by atoms with E-state index in [-0.39, 0.29) is 0 Å². The molecule has 0 bridgehead atoms. The van der Waals surface area contributed by atoms with Crippen molar-refractivity contribution in [3.63, 3.8) is 0 Å². The Morgan fingerprint density at radius 1 is 1.21 bits per heavy atom. The van der Waals surface area contributed by atoms with Crippen LogP contribution in [0.4, 0.5) is 13.2 Å². The third-order valence-corrected chi connectivity index (χ3v) is 4.84. The number of hydrogen-bond donors (Lipinski definition) is 1. The SMILES string of the molecule is CCC[n+]1c(Cn2ccnc2-c2cccc(C(F)(F)F)c2)[nH]c2ccc(Cl)nc21. The normalized spacial score (nSPS) is 12.0. The van der Waals surface area contributed by atoms with Gasteiger partial charge in [0, 0.05) is 18.0 Å². The molecule has 0 aliphatic carbocycles. The standard InChI is InChI=1S/C20H17ClF3N5/c1-2-9-29-17(26-15-6-7-16(21)27-19(15)29)12-28-10-8-25-18(28)13-4-3-5-14(11-13)20(22,23)24/h3-8,10-11H,2,9,12H2,1H3/p+1. The van der Waals surface area contributed by atoms with Crippen LogP contribution >= 0.6 is 11.6 Å². The molecule has 0 atom stereocenters. The Balaban J connectivity index is 1.75. The molecule has 0 fully saturated rings. The van der Waals surface area contributed by atoms with Gasteiger partial charge in [0.15, 0.2) is 5.52 Å². The van der Waals surface area contributed by atoms with E-state index in [1.807, 2.05) is 15.2 Å². The second-order valence-electron chi connectivity index (χ2n) is 6.69. The van der Waals surface area contributed by atoms with Gasteiger partial charge in [0.05, 0.1) is 12.1 Å². The van der Waals surface area contributed by atoms with Crippen molar-refractivity contribution < 1.29 is 17.7 Å². The maximum absolute atomic E-state index is 13.1. The van der Waals surface area contributed by atoms with Crippen LogP contribution in [0.2, 0.25) is 5.15 Å². The van der Waals surface area contributed by atoms with Crippen LogP contribution in [0, 0.1) is 0 Å². The zero-order chi connectivity index (χ0) is 20.6. The smallest absolute Gasteiger partial charge is 0.320 e. The molecule has 0 aliphatic rings. The number of nitrogens with zero attached hydrogens (tertiary/aromatic N) is 4. The molecular weight excluding hydrogens is 403 g/mol.